The molecule has 374 valence electrons. The third-order valence-corrected chi connectivity index (χ3v) is 18.7. The molecule has 8 atom stereocenters. The van der Waals surface area contributed by atoms with Gasteiger partial charge in [0.25, 0.3) is 0 Å². The van der Waals surface area contributed by atoms with Gasteiger partial charge < -0.3 is 29.3 Å². The van der Waals surface area contributed by atoms with Crippen LogP contribution in [0, 0.1) is 0 Å². The van der Waals surface area contributed by atoms with Crippen molar-refractivity contribution in [3.63, 3.8) is 0 Å². The van der Waals surface area contributed by atoms with Gasteiger partial charge in [-0.1, -0.05) is 49.4 Å². The molecule has 1 spiro atoms. The number of hydrogen-bond acceptors (Lipinski definition) is 10. The zero-order chi connectivity index (χ0) is 48.9. The van der Waals surface area contributed by atoms with E-state index in [9.17, 15) is 36.9 Å². The number of halogens is 4. The van der Waals surface area contributed by atoms with E-state index in [-0.39, 0.29) is 79.3 Å². The van der Waals surface area contributed by atoms with Gasteiger partial charge in [-0.05, 0) is 135 Å². The number of fused-ring (bicyclic) bond motifs is 2. The summed E-state index contributed by atoms with van der Waals surface area (Å²) < 4.78 is 85.4. The number of rotatable bonds is 16. The summed E-state index contributed by atoms with van der Waals surface area (Å²) in [5.41, 5.74) is 0.0944. The lowest BCUT2D eigenvalue weighted by atomic mass is 9.85. The molecule has 3 saturated heterocycles. The first-order valence-corrected chi connectivity index (χ1v) is 26.8. The minimum absolute atomic E-state index is 0.0459. The summed E-state index contributed by atoms with van der Waals surface area (Å²) in [5, 5.41) is 5.03. The minimum Gasteiger partial charge on any atom is -0.464 e. The average Bonchev–Trinajstić information content (AvgIpc) is 3.54. The fourth-order valence-electron chi connectivity index (χ4n) is 11.1. The molecule has 2 aromatic carbocycles. The second-order valence-electron chi connectivity index (χ2n) is 20.6. The summed E-state index contributed by atoms with van der Waals surface area (Å²) in [6.07, 6.45) is -0.0949. The van der Waals surface area contributed by atoms with Gasteiger partial charge >= 0.3 is 19.9 Å². The van der Waals surface area contributed by atoms with Crippen molar-refractivity contribution in [1.82, 2.24) is 25.1 Å². The third kappa shape index (κ3) is 10.9. The van der Waals surface area contributed by atoms with Crippen molar-refractivity contribution < 1.29 is 55.3 Å². The number of likely N-dealkylation sites (tertiary alicyclic amines) is 1. The van der Waals surface area contributed by atoms with Crippen molar-refractivity contribution in [1.29, 1.82) is 0 Å². The Morgan fingerprint density at radius 1 is 1.00 bits per heavy atom. The first-order valence-electron chi connectivity index (χ1n) is 24.2. The minimum atomic E-state index is -4.72. The number of thioether (sulfide) groups is 1. The van der Waals surface area contributed by atoms with Gasteiger partial charge in [0.05, 0.1) is 24.1 Å². The summed E-state index contributed by atoms with van der Waals surface area (Å²) >= 11 is 1.28. The molecule has 0 aromatic heterocycles. The smallest absolute Gasteiger partial charge is 0.464 e. The third-order valence-electron chi connectivity index (χ3n) is 14.9. The van der Waals surface area contributed by atoms with E-state index >= 15 is 4.39 Å². The van der Waals surface area contributed by atoms with Crippen molar-refractivity contribution in [2.24, 2.45) is 0 Å². The molecule has 2 aromatic rings. The van der Waals surface area contributed by atoms with E-state index in [4.69, 9.17) is 9.26 Å². The second kappa shape index (κ2) is 19.9. The van der Waals surface area contributed by atoms with Crippen LogP contribution >= 0.6 is 19.3 Å². The first-order chi connectivity index (χ1) is 32.1. The summed E-state index contributed by atoms with van der Waals surface area (Å²) in [7, 11) is -2.50. The van der Waals surface area contributed by atoms with Crippen molar-refractivity contribution >= 4 is 43.0 Å². The standard InChI is InChI=1S/C49H66F4N5O8PS/c1-7-21-64-46(62)47(4,5)55-67(63,66-29(2)3)42(50)31-13-18-40-32(22-31)23-41(68-40)43(59)54-38-16-14-34(56(6)36-25-37(26-36)65-49(51,52)53)24-35-15-17-39(58(35)44(38)60)45(61)57-28-33(27-48(57)19-20-48)30-11-9-8-10-12-30/h8-13,18,22,29,33-39,41-42H,7,14-17,19-21,23-28H2,1-6H3,(H,54,59)(H,55,63)/t33-,34+,35-,36?,37?,38+,39+,41?,42-,67?/m1/s1. The normalized spacial score (nSPS) is 29.2. The van der Waals surface area contributed by atoms with Crippen LogP contribution in [0.25, 0.3) is 0 Å². The van der Waals surface area contributed by atoms with E-state index in [2.05, 4.69) is 32.2 Å². The van der Waals surface area contributed by atoms with Crippen LogP contribution in [0.1, 0.15) is 134 Å². The average molecular weight is 992 g/mol. The van der Waals surface area contributed by atoms with Crippen LogP contribution in [0.15, 0.2) is 53.4 Å². The molecule has 2 unspecified atom stereocenters. The van der Waals surface area contributed by atoms with Crippen LogP contribution in [0.5, 0.6) is 0 Å². The van der Waals surface area contributed by atoms with Gasteiger partial charge in [-0.3, -0.25) is 28.5 Å². The molecule has 6 aliphatic rings. The molecule has 2 N–H and O–H groups in total. The van der Waals surface area contributed by atoms with E-state index in [1.165, 1.54) is 37.2 Å². The predicted octanol–water partition coefficient (Wildman–Crippen LogP) is 8.56. The van der Waals surface area contributed by atoms with E-state index in [1.54, 1.807) is 30.9 Å². The fourth-order valence-corrected chi connectivity index (χ4v) is 14.7. The van der Waals surface area contributed by atoms with Crippen LogP contribution in [-0.2, 0) is 44.2 Å². The number of nitrogens with zero attached hydrogens (tertiary/aromatic N) is 3. The first kappa shape index (κ1) is 50.8. The van der Waals surface area contributed by atoms with Gasteiger partial charge in [0.2, 0.25) is 23.6 Å². The predicted molar refractivity (Wildman–Crippen MR) is 248 cm³/mol. The number of benzene rings is 2. The van der Waals surface area contributed by atoms with Crippen LogP contribution in [-0.4, -0.2) is 124 Å². The maximum atomic E-state index is 16.6. The highest BCUT2D eigenvalue weighted by Crippen LogP contribution is 2.60. The van der Waals surface area contributed by atoms with Gasteiger partial charge in [0, 0.05) is 41.0 Å². The molecule has 19 heteroatoms. The second-order valence-corrected chi connectivity index (χ2v) is 23.9. The molecule has 5 fully saturated rings. The monoisotopic (exact) mass is 991 g/mol. The summed E-state index contributed by atoms with van der Waals surface area (Å²) in [6, 6.07) is 12.6. The van der Waals surface area contributed by atoms with Crippen LogP contribution < -0.4 is 10.4 Å². The van der Waals surface area contributed by atoms with Crippen molar-refractivity contribution in [3.8, 4) is 0 Å². The van der Waals surface area contributed by atoms with E-state index < -0.39 is 66.8 Å². The summed E-state index contributed by atoms with van der Waals surface area (Å²) in [4.78, 5) is 63.6. The molecular formula is C49H66F4N5O8PS. The number of carbonyl (C=O) groups excluding carboxylic acids is 4. The molecule has 13 nitrogen and oxygen atoms in total. The van der Waals surface area contributed by atoms with E-state index in [1.807, 2.05) is 37.1 Å². The molecule has 0 bridgehead atoms. The van der Waals surface area contributed by atoms with Gasteiger partial charge in [0.1, 0.15) is 17.6 Å². The summed E-state index contributed by atoms with van der Waals surface area (Å²) in [6.45, 7) is 8.69. The topological polar surface area (TPSA) is 147 Å². The number of nitrogens with one attached hydrogen (secondary N) is 2. The maximum Gasteiger partial charge on any atom is 0.522 e. The van der Waals surface area contributed by atoms with Gasteiger partial charge in [-0.15, -0.1) is 24.9 Å². The number of hydrogen-bond donors (Lipinski definition) is 2. The lowest BCUT2D eigenvalue weighted by Gasteiger charge is -2.47. The van der Waals surface area contributed by atoms with Gasteiger partial charge in [-0.2, -0.15) is 0 Å². The van der Waals surface area contributed by atoms with Crippen molar-refractivity contribution in [3.05, 3.63) is 65.2 Å². The quantitative estimate of drug-likeness (QED) is 0.0948. The Morgan fingerprint density at radius 2 is 1.72 bits per heavy atom. The number of amides is 3. The zero-order valence-electron chi connectivity index (χ0n) is 39.8. The van der Waals surface area contributed by atoms with Crippen molar-refractivity contribution in [2.45, 2.75) is 194 Å². The highest BCUT2D eigenvalue weighted by Gasteiger charge is 2.59. The SMILES string of the molecule is CCCOC(=O)C(C)(C)NP(=O)(OC(C)C)[C@@H](F)c1ccc2c(c1)CC(C(=O)N[C@H]1CC[C@H](N(C)C3CC(OC(F)(F)F)C3)C[C@H]3CC[C@@H](C(=O)N4C[C@H](c5ccccc5)CC45CC5)N3C1=O)S2. The highest BCUT2D eigenvalue weighted by molar-refractivity contribution is 8.01. The Balaban J connectivity index is 0.992. The van der Waals surface area contributed by atoms with E-state index in [0.717, 1.165) is 24.2 Å². The maximum absolute atomic E-state index is 16.6. The summed E-state index contributed by atoms with van der Waals surface area (Å²) in [5.74, 6) is -3.47. The molecule has 2 saturated carbocycles. The molecule has 8 rings (SSSR count). The zero-order valence-corrected chi connectivity index (χ0v) is 41.5. The van der Waals surface area contributed by atoms with Crippen LogP contribution in [0.2, 0.25) is 0 Å². The lowest BCUT2D eigenvalue weighted by Crippen LogP contribution is -2.60. The Bertz CT molecular complexity index is 2250. The van der Waals surface area contributed by atoms with Crippen molar-refractivity contribution in [2.75, 3.05) is 20.2 Å². The Morgan fingerprint density at radius 3 is 2.38 bits per heavy atom. The Labute approximate surface area is 401 Å². The Hall–Kier alpha value is -3.54. The number of carbonyl (C=O) groups is 4. The molecule has 4 aliphatic heterocycles. The van der Waals surface area contributed by atoms with Gasteiger partial charge in [-0.25, -0.2) is 9.48 Å². The molecule has 3 amide bonds. The molecule has 0 radical (unpaired) electrons. The van der Waals surface area contributed by atoms with Crippen LogP contribution in [0.3, 0.4) is 0 Å². The molecular weight excluding hydrogens is 926 g/mol. The highest BCUT2D eigenvalue weighted by atomic mass is 32.2. The van der Waals surface area contributed by atoms with E-state index in [0.29, 0.717) is 44.2 Å². The van der Waals surface area contributed by atoms with Gasteiger partial charge in [0.15, 0.2) is 0 Å². The largest absolute Gasteiger partial charge is 0.522 e. The lowest BCUT2D eigenvalue weighted by molar-refractivity contribution is -0.354. The fraction of sp³-hybridized carbons (Fsp3) is 0.673. The Kier molecular flexibility index (Phi) is 14.9. The molecule has 4 heterocycles. The van der Waals surface area contributed by atoms with Crippen LogP contribution in [0.4, 0.5) is 17.6 Å². The molecule has 2 aliphatic carbocycles. The number of alkyl halides is 4. The molecule has 68 heavy (non-hydrogen) atoms. The number of ether oxygens (including phenoxy) is 2. The number of esters is 1.